The fraction of sp³-hybridized carbons (Fsp3) is 0.261. The lowest BCUT2D eigenvalue weighted by molar-refractivity contribution is -0.564. The number of rotatable bonds is 7. The van der Waals surface area contributed by atoms with Crippen molar-refractivity contribution in [1.82, 2.24) is 14.6 Å². The van der Waals surface area contributed by atoms with Gasteiger partial charge in [0.15, 0.2) is 5.69 Å². The SMILES string of the molecule is CC(=O)Nc1ccc2c(c1)c(-c1cc(NC3CC3)[n+]3[nH]cc(C#N)c3n1)cn2CCC(=O)O. The van der Waals surface area contributed by atoms with Crippen molar-refractivity contribution in [2.45, 2.75) is 38.8 Å². The molecule has 0 atom stereocenters. The lowest BCUT2D eigenvalue weighted by Crippen LogP contribution is -2.30. The molecule has 0 spiro atoms. The summed E-state index contributed by atoms with van der Waals surface area (Å²) in [5.74, 6) is -0.270. The summed E-state index contributed by atoms with van der Waals surface area (Å²) in [6, 6.07) is 9.98. The van der Waals surface area contributed by atoms with E-state index in [1.54, 1.807) is 16.8 Å². The first-order valence-corrected chi connectivity index (χ1v) is 10.7. The van der Waals surface area contributed by atoms with Crippen LogP contribution in [-0.2, 0) is 16.1 Å². The minimum absolute atomic E-state index is 0.0239. The molecule has 1 aliphatic carbocycles. The zero-order valence-corrected chi connectivity index (χ0v) is 17.9. The highest BCUT2D eigenvalue weighted by atomic mass is 16.4. The maximum absolute atomic E-state index is 11.6. The summed E-state index contributed by atoms with van der Waals surface area (Å²) in [5, 5.41) is 28.9. The molecule has 0 aliphatic heterocycles. The van der Waals surface area contributed by atoms with Crippen molar-refractivity contribution in [2.24, 2.45) is 0 Å². The molecule has 0 saturated heterocycles. The molecule has 4 aromatic rings. The number of aromatic amines is 1. The van der Waals surface area contributed by atoms with Gasteiger partial charge in [0.25, 0.3) is 0 Å². The molecule has 10 heteroatoms. The first-order chi connectivity index (χ1) is 15.9. The van der Waals surface area contributed by atoms with Gasteiger partial charge in [0.2, 0.25) is 11.7 Å². The predicted molar refractivity (Wildman–Crippen MR) is 121 cm³/mol. The molecule has 4 N–H and O–H groups in total. The Morgan fingerprint density at radius 3 is 2.88 bits per heavy atom. The summed E-state index contributed by atoms with van der Waals surface area (Å²) >= 11 is 0. The third-order valence-electron chi connectivity index (χ3n) is 5.63. The molecule has 0 bridgehead atoms. The average Bonchev–Trinajstić information content (AvgIpc) is 3.37. The summed E-state index contributed by atoms with van der Waals surface area (Å²) in [5.41, 5.74) is 3.83. The fourth-order valence-electron chi connectivity index (χ4n) is 3.96. The highest BCUT2D eigenvalue weighted by Gasteiger charge is 2.28. The number of benzene rings is 1. The third-order valence-corrected chi connectivity index (χ3v) is 5.63. The first-order valence-electron chi connectivity index (χ1n) is 10.7. The predicted octanol–water partition coefficient (Wildman–Crippen LogP) is 2.65. The van der Waals surface area contributed by atoms with E-state index in [1.165, 1.54) is 6.92 Å². The van der Waals surface area contributed by atoms with Crippen LogP contribution in [0, 0.1) is 11.3 Å². The second-order valence-electron chi connectivity index (χ2n) is 8.20. The summed E-state index contributed by atoms with van der Waals surface area (Å²) in [6.45, 7) is 1.74. The standard InChI is InChI=1S/C23H21N7O3/c1-13(31)26-16-4-5-20-17(8-16)18(12-29(20)7-6-22(32)33)19-9-21(27-15-2-3-15)30-23(28-19)14(10-24)11-25-30/h4-5,8-9,11-12,15H,2-3,6-7H2,1H3,(H3,25,26,27,28,31,32,33)/p+1. The summed E-state index contributed by atoms with van der Waals surface area (Å²) < 4.78 is 3.64. The Balaban J connectivity index is 1.71. The second kappa shape index (κ2) is 7.94. The topological polar surface area (TPSA) is 140 Å². The van der Waals surface area contributed by atoms with Crippen molar-refractivity contribution in [3.05, 3.63) is 42.2 Å². The summed E-state index contributed by atoms with van der Waals surface area (Å²) in [7, 11) is 0. The second-order valence-corrected chi connectivity index (χ2v) is 8.20. The van der Waals surface area contributed by atoms with Gasteiger partial charge in [-0.05, 0) is 31.0 Å². The number of aromatic nitrogens is 4. The summed E-state index contributed by atoms with van der Waals surface area (Å²) in [6.07, 6.45) is 5.64. The first kappa shape index (κ1) is 20.5. The quantitative estimate of drug-likeness (QED) is 0.323. The van der Waals surface area contributed by atoms with Crippen LogP contribution in [-0.4, -0.2) is 37.7 Å². The Labute approximate surface area is 188 Å². The Bertz CT molecular complexity index is 1460. The van der Waals surface area contributed by atoms with E-state index in [2.05, 4.69) is 21.8 Å². The molecule has 3 heterocycles. The number of aryl methyl sites for hydroxylation is 1. The Morgan fingerprint density at radius 2 is 2.18 bits per heavy atom. The maximum Gasteiger partial charge on any atom is 0.305 e. The molecule has 1 fully saturated rings. The lowest BCUT2D eigenvalue weighted by Gasteiger charge is -2.05. The molecular formula is C23H22N7O3+. The zero-order valence-electron chi connectivity index (χ0n) is 17.9. The number of hydrogen-bond donors (Lipinski definition) is 4. The Hall–Kier alpha value is -4.39. The molecule has 1 amide bonds. The van der Waals surface area contributed by atoms with Crippen molar-refractivity contribution < 1.29 is 19.2 Å². The van der Waals surface area contributed by atoms with Gasteiger partial charge >= 0.3 is 11.6 Å². The number of carboxylic acids is 1. The van der Waals surface area contributed by atoms with Crippen LogP contribution in [0.1, 0.15) is 31.7 Å². The fourth-order valence-corrected chi connectivity index (χ4v) is 3.96. The van der Waals surface area contributed by atoms with Gasteiger partial charge in [0, 0.05) is 41.8 Å². The van der Waals surface area contributed by atoms with E-state index >= 15 is 0 Å². The van der Waals surface area contributed by atoms with Gasteiger partial charge in [-0.3, -0.25) is 9.59 Å². The van der Waals surface area contributed by atoms with Gasteiger partial charge in [0.05, 0.1) is 24.7 Å². The van der Waals surface area contributed by atoms with E-state index in [-0.39, 0.29) is 12.3 Å². The highest BCUT2D eigenvalue weighted by Crippen LogP contribution is 2.34. The number of carbonyl (C=O) groups is 2. The molecule has 33 heavy (non-hydrogen) atoms. The number of carbonyl (C=O) groups excluding carboxylic acids is 1. The van der Waals surface area contributed by atoms with Crippen LogP contribution >= 0.6 is 0 Å². The van der Waals surface area contributed by atoms with Crippen LogP contribution < -0.4 is 15.1 Å². The minimum atomic E-state index is -0.883. The van der Waals surface area contributed by atoms with E-state index < -0.39 is 5.97 Å². The van der Waals surface area contributed by atoms with Crippen molar-refractivity contribution in [2.75, 3.05) is 10.6 Å². The van der Waals surface area contributed by atoms with Crippen LogP contribution in [0.4, 0.5) is 11.5 Å². The van der Waals surface area contributed by atoms with E-state index in [0.717, 1.165) is 35.1 Å². The van der Waals surface area contributed by atoms with Gasteiger partial charge in [-0.2, -0.15) is 5.26 Å². The number of aliphatic carboxylic acids is 1. The number of fused-ring (bicyclic) bond motifs is 2. The summed E-state index contributed by atoms with van der Waals surface area (Å²) in [4.78, 5) is 27.5. The smallest absolute Gasteiger partial charge is 0.305 e. The maximum atomic E-state index is 11.6. The average molecular weight is 444 g/mol. The number of nitriles is 1. The number of amides is 1. The largest absolute Gasteiger partial charge is 0.481 e. The number of carboxylic acid groups (broad SMARTS) is 1. The van der Waals surface area contributed by atoms with Crippen molar-refractivity contribution in [1.29, 1.82) is 5.26 Å². The lowest BCUT2D eigenvalue weighted by atomic mass is 10.1. The van der Waals surface area contributed by atoms with Gasteiger partial charge < -0.3 is 20.3 Å². The van der Waals surface area contributed by atoms with Gasteiger partial charge in [-0.25, -0.2) is 5.10 Å². The number of nitrogens with zero attached hydrogens (tertiary/aromatic N) is 4. The molecule has 3 aromatic heterocycles. The molecule has 0 unspecified atom stereocenters. The van der Waals surface area contributed by atoms with Gasteiger partial charge in [0.1, 0.15) is 11.6 Å². The molecule has 5 rings (SSSR count). The Morgan fingerprint density at radius 1 is 1.36 bits per heavy atom. The van der Waals surface area contributed by atoms with E-state index in [9.17, 15) is 20.0 Å². The van der Waals surface area contributed by atoms with Crippen LogP contribution in [0.5, 0.6) is 0 Å². The normalized spacial score (nSPS) is 13.2. The number of anilines is 2. The molecular weight excluding hydrogens is 422 g/mol. The van der Waals surface area contributed by atoms with E-state index in [0.29, 0.717) is 35.2 Å². The van der Waals surface area contributed by atoms with Crippen molar-refractivity contribution >= 4 is 39.9 Å². The third kappa shape index (κ3) is 3.96. The van der Waals surface area contributed by atoms with Crippen LogP contribution in [0.15, 0.2) is 36.7 Å². The van der Waals surface area contributed by atoms with Crippen LogP contribution in [0.2, 0.25) is 0 Å². The number of nitrogens with one attached hydrogen (secondary N) is 3. The van der Waals surface area contributed by atoms with Gasteiger partial charge in [-0.15, -0.1) is 4.52 Å². The van der Waals surface area contributed by atoms with Gasteiger partial charge in [-0.1, -0.05) is 4.98 Å². The van der Waals surface area contributed by atoms with Crippen LogP contribution in [0.25, 0.3) is 27.8 Å². The van der Waals surface area contributed by atoms with E-state index in [1.807, 2.05) is 29.0 Å². The molecule has 1 aromatic carbocycles. The van der Waals surface area contributed by atoms with Crippen molar-refractivity contribution in [3.8, 4) is 17.3 Å². The van der Waals surface area contributed by atoms with Crippen LogP contribution in [0.3, 0.4) is 0 Å². The zero-order chi connectivity index (χ0) is 23.1. The molecule has 1 aliphatic rings. The van der Waals surface area contributed by atoms with Crippen molar-refractivity contribution in [3.63, 3.8) is 0 Å². The molecule has 0 radical (unpaired) electrons. The van der Waals surface area contributed by atoms with E-state index in [4.69, 9.17) is 4.98 Å². The minimum Gasteiger partial charge on any atom is -0.481 e. The monoisotopic (exact) mass is 444 g/mol. The molecule has 10 nitrogen and oxygen atoms in total. The molecule has 166 valence electrons. The highest BCUT2D eigenvalue weighted by molar-refractivity contribution is 5.99. The number of hydrogen-bond acceptors (Lipinski definition) is 5. The Kier molecular flexibility index (Phi) is 4.94. The molecule has 1 saturated carbocycles. The number of H-pyrrole nitrogens is 1.